The fraction of sp³-hybridized carbons (Fsp3) is 0.500. The third-order valence-electron chi connectivity index (χ3n) is 6.99. The number of aryl methyl sites for hydroxylation is 2. The topological polar surface area (TPSA) is 75.2 Å². The van der Waals surface area contributed by atoms with Gasteiger partial charge >= 0.3 is 0 Å². The standard InChI is InChI=1S/C26H32N4O3/c1-15(14-31-4)30-25-19-12-23(32-5)20(24-16(2)29-33-17(24)3)11-21(19)27-13-22(25)28-26(30)18-9-7-6-8-10-18/h11-13,15,18H,6-10,14H2,1-5H3/t15-/m0/s1. The van der Waals surface area contributed by atoms with E-state index in [-0.39, 0.29) is 6.04 Å². The van der Waals surface area contributed by atoms with E-state index in [9.17, 15) is 0 Å². The molecule has 3 heterocycles. The summed E-state index contributed by atoms with van der Waals surface area (Å²) in [5.41, 5.74) is 5.67. The molecular weight excluding hydrogens is 416 g/mol. The van der Waals surface area contributed by atoms with Gasteiger partial charge < -0.3 is 18.6 Å². The van der Waals surface area contributed by atoms with Crippen LogP contribution in [0.25, 0.3) is 33.1 Å². The van der Waals surface area contributed by atoms with E-state index in [2.05, 4.69) is 28.8 Å². The predicted molar refractivity (Wildman–Crippen MR) is 129 cm³/mol. The summed E-state index contributed by atoms with van der Waals surface area (Å²) >= 11 is 0. The van der Waals surface area contributed by atoms with Crippen LogP contribution in [0.2, 0.25) is 0 Å². The molecule has 5 rings (SSSR count). The third kappa shape index (κ3) is 3.68. The summed E-state index contributed by atoms with van der Waals surface area (Å²) in [5, 5.41) is 5.17. The molecule has 0 spiro atoms. The number of hydrogen-bond donors (Lipinski definition) is 0. The van der Waals surface area contributed by atoms with Gasteiger partial charge in [0.15, 0.2) is 0 Å². The number of fused-ring (bicyclic) bond motifs is 3. The lowest BCUT2D eigenvalue weighted by atomic mass is 9.88. The lowest BCUT2D eigenvalue weighted by molar-refractivity contribution is 0.161. The van der Waals surface area contributed by atoms with Crippen molar-refractivity contribution < 1.29 is 14.0 Å². The summed E-state index contributed by atoms with van der Waals surface area (Å²) in [6.45, 7) is 6.71. The van der Waals surface area contributed by atoms with Gasteiger partial charge in [-0.25, -0.2) is 4.98 Å². The fourth-order valence-corrected chi connectivity index (χ4v) is 5.46. The molecule has 0 bridgehead atoms. The molecule has 7 heteroatoms. The molecule has 1 atom stereocenters. The number of ether oxygens (including phenoxy) is 2. The van der Waals surface area contributed by atoms with Crippen LogP contribution in [-0.4, -0.2) is 40.5 Å². The summed E-state index contributed by atoms with van der Waals surface area (Å²) in [6.07, 6.45) is 8.13. The van der Waals surface area contributed by atoms with Crippen molar-refractivity contribution in [2.24, 2.45) is 0 Å². The minimum absolute atomic E-state index is 0.163. The maximum absolute atomic E-state index is 5.86. The second kappa shape index (κ2) is 8.78. The van der Waals surface area contributed by atoms with Crippen molar-refractivity contribution in [2.75, 3.05) is 20.8 Å². The van der Waals surface area contributed by atoms with Crippen molar-refractivity contribution in [3.05, 3.63) is 35.6 Å². The molecule has 33 heavy (non-hydrogen) atoms. The van der Waals surface area contributed by atoms with Crippen LogP contribution in [0.15, 0.2) is 22.9 Å². The molecule has 0 saturated heterocycles. The first-order valence-electron chi connectivity index (χ1n) is 11.8. The van der Waals surface area contributed by atoms with Crippen molar-refractivity contribution >= 4 is 21.9 Å². The molecule has 174 valence electrons. The van der Waals surface area contributed by atoms with Crippen molar-refractivity contribution in [1.29, 1.82) is 0 Å². The third-order valence-corrected chi connectivity index (χ3v) is 6.99. The molecule has 3 aromatic heterocycles. The molecular formula is C26H32N4O3. The maximum Gasteiger partial charge on any atom is 0.141 e. The Balaban J connectivity index is 1.78. The van der Waals surface area contributed by atoms with Gasteiger partial charge in [-0.2, -0.15) is 0 Å². The number of aromatic nitrogens is 4. The van der Waals surface area contributed by atoms with Crippen molar-refractivity contribution in [2.45, 2.75) is 64.8 Å². The Morgan fingerprint density at radius 2 is 1.91 bits per heavy atom. The molecule has 1 saturated carbocycles. The van der Waals surface area contributed by atoms with Gasteiger partial charge in [0.1, 0.15) is 22.9 Å². The summed E-state index contributed by atoms with van der Waals surface area (Å²) in [6, 6.07) is 4.34. The monoisotopic (exact) mass is 448 g/mol. The van der Waals surface area contributed by atoms with Crippen LogP contribution in [-0.2, 0) is 4.74 Å². The first-order valence-corrected chi connectivity index (χ1v) is 11.8. The predicted octanol–water partition coefficient (Wildman–Crippen LogP) is 6.12. The highest BCUT2D eigenvalue weighted by atomic mass is 16.5. The minimum Gasteiger partial charge on any atom is -0.496 e. The Kier molecular flexibility index (Phi) is 5.83. The first kappa shape index (κ1) is 21.9. The summed E-state index contributed by atoms with van der Waals surface area (Å²) in [5.74, 6) is 3.18. The number of hydrogen-bond acceptors (Lipinski definition) is 6. The smallest absolute Gasteiger partial charge is 0.141 e. The Morgan fingerprint density at radius 3 is 2.58 bits per heavy atom. The highest BCUT2D eigenvalue weighted by molar-refractivity contribution is 6.05. The molecule has 0 unspecified atom stereocenters. The summed E-state index contributed by atoms with van der Waals surface area (Å²) < 4.78 is 19.2. The zero-order chi connectivity index (χ0) is 23.1. The van der Waals surface area contributed by atoms with E-state index in [1.807, 2.05) is 20.0 Å². The van der Waals surface area contributed by atoms with Crippen LogP contribution in [0.5, 0.6) is 5.75 Å². The number of nitrogens with zero attached hydrogens (tertiary/aromatic N) is 4. The van der Waals surface area contributed by atoms with Gasteiger partial charge in [-0.05, 0) is 45.7 Å². The van der Waals surface area contributed by atoms with E-state index in [1.54, 1.807) is 14.2 Å². The van der Waals surface area contributed by atoms with Crippen LogP contribution in [0.3, 0.4) is 0 Å². The highest BCUT2D eigenvalue weighted by Gasteiger charge is 2.27. The molecule has 0 aliphatic heterocycles. The summed E-state index contributed by atoms with van der Waals surface area (Å²) in [7, 11) is 3.46. The highest BCUT2D eigenvalue weighted by Crippen LogP contribution is 2.41. The van der Waals surface area contributed by atoms with Gasteiger partial charge in [-0.1, -0.05) is 24.4 Å². The quantitative estimate of drug-likeness (QED) is 0.354. The number of methoxy groups -OCH3 is 2. The van der Waals surface area contributed by atoms with E-state index >= 15 is 0 Å². The molecule has 1 fully saturated rings. The molecule has 0 N–H and O–H groups in total. The average Bonchev–Trinajstić information content (AvgIpc) is 3.38. The minimum atomic E-state index is 0.163. The molecule has 0 amide bonds. The van der Waals surface area contributed by atoms with E-state index in [1.165, 1.54) is 32.1 Å². The zero-order valence-corrected chi connectivity index (χ0v) is 20.1. The van der Waals surface area contributed by atoms with Crippen molar-refractivity contribution in [3.8, 4) is 16.9 Å². The summed E-state index contributed by atoms with van der Waals surface area (Å²) in [4.78, 5) is 9.93. The Bertz CT molecular complexity index is 1280. The maximum atomic E-state index is 5.86. The van der Waals surface area contributed by atoms with Gasteiger partial charge in [0.05, 0.1) is 48.2 Å². The number of rotatable bonds is 6. The van der Waals surface area contributed by atoms with Crippen LogP contribution >= 0.6 is 0 Å². The molecule has 4 aromatic rings. The van der Waals surface area contributed by atoms with Crippen LogP contribution in [0.4, 0.5) is 0 Å². The molecule has 0 radical (unpaired) electrons. The lowest BCUT2D eigenvalue weighted by Gasteiger charge is -2.25. The van der Waals surface area contributed by atoms with Crippen LogP contribution in [0.1, 0.15) is 68.3 Å². The van der Waals surface area contributed by atoms with E-state index < -0.39 is 0 Å². The lowest BCUT2D eigenvalue weighted by Crippen LogP contribution is -2.18. The Morgan fingerprint density at radius 1 is 1.12 bits per heavy atom. The first-order chi connectivity index (χ1) is 16.0. The molecule has 1 aliphatic rings. The normalized spacial score (nSPS) is 16.0. The van der Waals surface area contributed by atoms with Gasteiger partial charge in [-0.15, -0.1) is 0 Å². The SMILES string of the molecule is COC[C@H](C)n1c(C2CCCCC2)nc2cnc3cc(-c4c(C)noc4C)c(OC)cc3c21. The van der Waals surface area contributed by atoms with Gasteiger partial charge in [0, 0.05) is 24.0 Å². The van der Waals surface area contributed by atoms with Crippen LogP contribution in [0, 0.1) is 13.8 Å². The van der Waals surface area contributed by atoms with Crippen molar-refractivity contribution in [3.63, 3.8) is 0 Å². The average molecular weight is 449 g/mol. The second-order valence-corrected chi connectivity index (χ2v) is 9.24. The molecule has 1 aliphatic carbocycles. The number of benzene rings is 1. The number of pyridine rings is 1. The second-order valence-electron chi connectivity index (χ2n) is 9.24. The molecule has 7 nitrogen and oxygen atoms in total. The van der Waals surface area contributed by atoms with Gasteiger partial charge in [0.2, 0.25) is 0 Å². The van der Waals surface area contributed by atoms with Crippen molar-refractivity contribution in [1.82, 2.24) is 19.7 Å². The molecule has 1 aromatic carbocycles. The van der Waals surface area contributed by atoms with E-state index in [0.717, 1.165) is 56.1 Å². The number of imidazole rings is 1. The Labute approximate surface area is 194 Å². The largest absolute Gasteiger partial charge is 0.496 e. The Hall–Kier alpha value is -2.93. The van der Waals surface area contributed by atoms with Gasteiger partial charge in [-0.3, -0.25) is 4.98 Å². The zero-order valence-electron chi connectivity index (χ0n) is 20.1. The van der Waals surface area contributed by atoms with E-state index in [0.29, 0.717) is 12.5 Å². The fourth-order valence-electron chi connectivity index (χ4n) is 5.46. The van der Waals surface area contributed by atoms with Gasteiger partial charge in [0.25, 0.3) is 0 Å². The van der Waals surface area contributed by atoms with Crippen LogP contribution < -0.4 is 4.74 Å². The van der Waals surface area contributed by atoms with E-state index in [4.69, 9.17) is 24.0 Å².